The van der Waals surface area contributed by atoms with E-state index in [-0.39, 0.29) is 6.03 Å². The molecule has 2 amide bonds. The first kappa shape index (κ1) is 13.8. The molecule has 94 valence electrons. The molecule has 0 aromatic heterocycles. The van der Waals surface area contributed by atoms with Gasteiger partial charge in [0, 0.05) is 25.2 Å². The predicted octanol–water partition coefficient (Wildman–Crippen LogP) is 3.28. The minimum atomic E-state index is -0.0431. The molecular weight excluding hydrogens is 236 g/mol. The van der Waals surface area contributed by atoms with Gasteiger partial charge in [-0.25, -0.2) is 4.79 Å². The van der Waals surface area contributed by atoms with Crippen LogP contribution in [0.25, 0.3) is 0 Å². The van der Waals surface area contributed by atoms with Crippen molar-refractivity contribution in [3.63, 3.8) is 0 Å². The molecule has 0 unspecified atom stereocenters. The number of nitrogens with zero attached hydrogens (tertiary/aromatic N) is 1. The van der Waals surface area contributed by atoms with Gasteiger partial charge in [0.2, 0.25) is 0 Å². The summed E-state index contributed by atoms with van der Waals surface area (Å²) >= 11 is 5.87. The molecule has 0 aliphatic carbocycles. The standard InChI is InChI=1S/C13H19ClN2O/c1-3-4-8-16(2)13(17)15-10-11-6-5-7-12(14)9-11/h5-7,9H,3-4,8,10H2,1-2H3,(H,15,17). The van der Waals surface area contributed by atoms with E-state index in [0.29, 0.717) is 11.6 Å². The zero-order valence-corrected chi connectivity index (χ0v) is 11.1. The summed E-state index contributed by atoms with van der Waals surface area (Å²) in [6.07, 6.45) is 2.12. The second kappa shape index (κ2) is 7.17. The number of rotatable bonds is 5. The van der Waals surface area contributed by atoms with Gasteiger partial charge >= 0.3 is 6.03 Å². The summed E-state index contributed by atoms with van der Waals surface area (Å²) < 4.78 is 0. The Balaban J connectivity index is 2.37. The molecule has 0 fully saturated rings. The van der Waals surface area contributed by atoms with E-state index in [0.717, 1.165) is 24.9 Å². The fourth-order valence-electron chi connectivity index (χ4n) is 1.46. The van der Waals surface area contributed by atoms with Crippen LogP contribution in [0.2, 0.25) is 5.02 Å². The Morgan fingerprint density at radius 3 is 2.88 bits per heavy atom. The Hall–Kier alpha value is -1.22. The third-order valence-corrected chi connectivity index (χ3v) is 2.76. The van der Waals surface area contributed by atoms with Crippen molar-refractivity contribution in [3.05, 3.63) is 34.9 Å². The third-order valence-electron chi connectivity index (χ3n) is 2.53. The molecule has 1 aromatic rings. The minimum absolute atomic E-state index is 0.0431. The molecule has 0 atom stereocenters. The molecule has 0 radical (unpaired) electrons. The van der Waals surface area contributed by atoms with Crippen molar-refractivity contribution < 1.29 is 4.79 Å². The maximum atomic E-state index is 11.7. The SMILES string of the molecule is CCCCN(C)C(=O)NCc1cccc(Cl)c1. The smallest absolute Gasteiger partial charge is 0.317 e. The van der Waals surface area contributed by atoms with E-state index < -0.39 is 0 Å². The van der Waals surface area contributed by atoms with Gasteiger partial charge in [-0.1, -0.05) is 37.1 Å². The number of benzene rings is 1. The Morgan fingerprint density at radius 1 is 1.47 bits per heavy atom. The second-order valence-corrected chi connectivity index (χ2v) is 4.50. The van der Waals surface area contributed by atoms with Gasteiger partial charge in [0.05, 0.1) is 0 Å². The van der Waals surface area contributed by atoms with Crippen molar-refractivity contribution in [2.75, 3.05) is 13.6 Å². The quantitative estimate of drug-likeness (QED) is 0.859. The molecule has 0 saturated carbocycles. The normalized spacial score (nSPS) is 10.1. The molecular formula is C13H19ClN2O. The van der Waals surface area contributed by atoms with Crippen LogP contribution in [0.1, 0.15) is 25.3 Å². The lowest BCUT2D eigenvalue weighted by atomic mass is 10.2. The number of carbonyl (C=O) groups excluding carboxylic acids is 1. The van der Waals surface area contributed by atoms with Gasteiger partial charge in [-0.05, 0) is 24.1 Å². The van der Waals surface area contributed by atoms with Gasteiger partial charge in [0.25, 0.3) is 0 Å². The molecule has 4 heteroatoms. The summed E-state index contributed by atoms with van der Waals surface area (Å²) in [6.45, 7) is 3.41. The Kier molecular flexibility index (Phi) is 5.84. The fraction of sp³-hybridized carbons (Fsp3) is 0.462. The van der Waals surface area contributed by atoms with E-state index >= 15 is 0 Å². The number of hydrogen-bond donors (Lipinski definition) is 1. The van der Waals surface area contributed by atoms with Crippen molar-refractivity contribution >= 4 is 17.6 Å². The van der Waals surface area contributed by atoms with Crippen molar-refractivity contribution in [2.24, 2.45) is 0 Å². The molecule has 0 aliphatic rings. The topological polar surface area (TPSA) is 32.3 Å². The highest BCUT2D eigenvalue weighted by molar-refractivity contribution is 6.30. The lowest BCUT2D eigenvalue weighted by Gasteiger charge is -2.17. The van der Waals surface area contributed by atoms with Crippen LogP contribution in [-0.4, -0.2) is 24.5 Å². The zero-order valence-electron chi connectivity index (χ0n) is 10.4. The average Bonchev–Trinajstić information content (AvgIpc) is 2.33. The van der Waals surface area contributed by atoms with Crippen LogP contribution >= 0.6 is 11.6 Å². The molecule has 0 bridgehead atoms. The molecule has 0 saturated heterocycles. The monoisotopic (exact) mass is 254 g/mol. The van der Waals surface area contributed by atoms with Crippen molar-refractivity contribution in [1.82, 2.24) is 10.2 Å². The highest BCUT2D eigenvalue weighted by atomic mass is 35.5. The molecule has 0 heterocycles. The lowest BCUT2D eigenvalue weighted by Crippen LogP contribution is -2.37. The number of amides is 2. The molecule has 0 aliphatic heterocycles. The highest BCUT2D eigenvalue weighted by Gasteiger charge is 2.06. The zero-order chi connectivity index (χ0) is 12.7. The Morgan fingerprint density at radius 2 is 2.24 bits per heavy atom. The van der Waals surface area contributed by atoms with Crippen LogP contribution in [0.4, 0.5) is 4.79 Å². The Bertz CT molecular complexity index is 368. The van der Waals surface area contributed by atoms with Gasteiger partial charge in [-0.2, -0.15) is 0 Å². The van der Waals surface area contributed by atoms with Gasteiger partial charge in [0.15, 0.2) is 0 Å². The van der Waals surface area contributed by atoms with E-state index in [4.69, 9.17) is 11.6 Å². The highest BCUT2D eigenvalue weighted by Crippen LogP contribution is 2.10. The van der Waals surface area contributed by atoms with Crippen molar-refractivity contribution in [1.29, 1.82) is 0 Å². The fourth-order valence-corrected chi connectivity index (χ4v) is 1.67. The summed E-state index contributed by atoms with van der Waals surface area (Å²) in [5.41, 5.74) is 1.01. The first-order valence-electron chi connectivity index (χ1n) is 5.87. The maximum absolute atomic E-state index is 11.7. The number of hydrogen-bond acceptors (Lipinski definition) is 1. The average molecular weight is 255 g/mol. The van der Waals surface area contributed by atoms with E-state index in [1.807, 2.05) is 31.3 Å². The largest absolute Gasteiger partial charge is 0.334 e. The minimum Gasteiger partial charge on any atom is -0.334 e. The second-order valence-electron chi connectivity index (χ2n) is 4.06. The van der Waals surface area contributed by atoms with Gasteiger partial charge in [-0.15, -0.1) is 0 Å². The summed E-state index contributed by atoms with van der Waals surface area (Å²) in [4.78, 5) is 13.4. The van der Waals surface area contributed by atoms with Crippen LogP contribution in [0.5, 0.6) is 0 Å². The van der Waals surface area contributed by atoms with Gasteiger partial charge in [-0.3, -0.25) is 0 Å². The number of carbonyl (C=O) groups is 1. The van der Waals surface area contributed by atoms with Crippen molar-refractivity contribution in [2.45, 2.75) is 26.3 Å². The Labute approximate surface area is 108 Å². The third kappa shape index (κ3) is 5.09. The molecule has 0 spiro atoms. The van der Waals surface area contributed by atoms with E-state index in [2.05, 4.69) is 12.2 Å². The van der Waals surface area contributed by atoms with E-state index in [1.165, 1.54) is 0 Å². The van der Waals surface area contributed by atoms with Gasteiger partial charge in [0.1, 0.15) is 0 Å². The number of nitrogens with one attached hydrogen (secondary N) is 1. The predicted molar refractivity (Wildman–Crippen MR) is 71.2 cm³/mol. The van der Waals surface area contributed by atoms with Crippen LogP contribution in [-0.2, 0) is 6.54 Å². The molecule has 17 heavy (non-hydrogen) atoms. The summed E-state index contributed by atoms with van der Waals surface area (Å²) in [5, 5.41) is 3.55. The van der Waals surface area contributed by atoms with Gasteiger partial charge < -0.3 is 10.2 Å². The number of unbranched alkanes of at least 4 members (excludes halogenated alkanes) is 1. The van der Waals surface area contributed by atoms with Crippen molar-refractivity contribution in [3.8, 4) is 0 Å². The first-order chi connectivity index (χ1) is 8.13. The molecule has 3 nitrogen and oxygen atoms in total. The molecule has 1 rings (SSSR count). The first-order valence-corrected chi connectivity index (χ1v) is 6.24. The lowest BCUT2D eigenvalue weighted by molar-refractivity contribution is 0.207. The van der Waals surface area contributed by atoms with E-state index in [1.54, 1.807) is 4.90 Å². The number of halogens is 1. The number of urea groups is 1. The summed E-state index contributed by atoms with van der Waals surface area (Å²) in [5.74, 6) is 0. The van der Waals surface area contributed by atoms with Crippen LogP contribution < -0.4 is 5.32 Å². The molecule has 1 N–H and O–H groups in total. The van der Waals surface area contributed by atoms with Crippen LogP contribution in [0, 0.1) is 0 Å². The van der Waals surface area contributed by atoms with E-state index in [9.17, 15) is 4.79 Å². The summed E-state index contributed by atoms with van der Waals surface area (Å²) in [6, 6.07) is 7.45. The molecule has 1 aromatic carbocycles. The van der Waals surface area contributed by atoms with Crippen LogP contribution in [0.15, 0.2) is 24.3 Å². The summed E-state index contributed by atoms with van der Waals surface area (Å²) in [7, 11) is 1.81. The van der Waals surface area contributed by atoms with Crippen LogP contribution in [0.3, 0.4) is 0 Å². The maximum Gasteiger partial charge on any atom is 0.317 e.